The smallest absolute Gasteiger partial charge is 0.407 e. The van der Waals surface area contributed by atoms with E-state index in [2.05, 4.69) is 15.2 Å². The summed E-state index contributed by atoms with van der Waals surface area (Å²) in [5, 5.41) is 2.90. The summed E-state index contributed by atoms with van der Waals surface area (Å²) >= 11 is 0. The van der Waals surface area contributed by atoms with Gasteiger partial charge in [-0.25, -0.2) is 9.59 Å². The number of hydrogen-bond acceptors (Lipinski definition) is 7. The SMILES string of the molecule is CC(C)(C)OC(=O)NCC1[C@H]2CN(CCOc3ccc(-n4ccc(N)nc4=O)cc3)C[C@@H]12. The fraction of sp³-hybridized carbons (Fsp3) is 0.522. The van der Waals surface area contributed by atoms with Crippen LogP contribution >= 0.6 is 0 Å². The van der Waals surface area contributed by atoms with Gasteiger partial charge >= 0.3 is 11.8 Å². The lowest BCUT2D eigenvalue weighted by Crippen LogP contribution is -2.35. The van der Waals surface area contributed by atoms with E-state index >= 15 is 0 Å². The van der Waals surface area contributed by atoms with Crippen LogP contribution in [0.4, 0.5) is 10.6 Å². The van der Waals surface area contributed by atoms with E-state index in [-0.39, 0.29) is 11.9 Å². The third kappa shape index (κ3) is 5.40. The van der Waals surface area contributed by atoms with Crippen LogP contribution in [0.5, 0.6) is 5.75 Å². The van der Waals surface area contributed by atoms with Crippen LogP contribution in [-0.2, 0) is 4.74 Å². The Morgan fingerprint density at radius 3 is 2.50 bits per heavy atom. The van der Waals surface area contributed by atoms with Crippen LogP contribution < -0.4 is 21.5 Å². The number of benzene rings is 1. The average Bonchev–Trinajstić information content (AvgIpc) is 3.16. The molecule has 1 aliphatic heterocycles. The van der Waals surface area contributed by atoms with Crippen LogP contribution in [0.1, 0.15) is 20.8 Å². The maximum absolute atomic E-state index is 11.9. The molecule has 0 radical (unpaired) electrons. The quantitative estimate of drug-likeness (QED) is 0.675. The van der Waals surface area contributed by atoms with Gasteiger partial charge < -0.3 is 20.5 Å². The molecule has 0 spiro atoms. The third-order valence-corrected chi connectivity index (χ3v) is 5.94. The minimum Gasteiger partial charge on any atom is -0.492 e. The number of rotatable bonds is 7. The predicted octanol–water partition coefficient (Wildman–Crippen LogP) is 1.90. The number of nitrogens with two attached hydrogens (primary N) is 1. The summed E-state index contributed by atoms with van der Waals surface area (Å²) in [5.74, 6) is 2.82. The Kier molecular flexibility index (Phi) is 6.10. The van der Waals surface area contributed by atoms with E-state index in [0.29, 0.717) is 36.6 Å². The summed E-state index contributed by atoms with van der Waals surface area (Å²) in [6.45, 7) is 9.84. The van der Waals surface area contributed by atoms with Crippen molar-refractivity contribution in [3.63, 3.8) is 0 Å². The molecule has 1 aromatic carbocycles. The molecule has 1 amide bonds. The monoisotopic (exact) mass is 441 g/mol. The second-order valence-corrected chi connectivity index (χ2v) is 9.48. The molecule has 2 aliphatic rings. The zero-order valence-electron chi connectivity index (χ0n) is 18.8. The van der Waals surface area contributed by atoms with Gasteiger partial charge in [0.15, 0.2) is 0 Å². The molecule has 32 heavy (non-hydrogen) atoms. The van der Waals surface area contributed by atoms with E-state index in [1.807, 2.05) is 45.0 Å². The predicted molar refractivity (Wildman–Crippen MR) is 121 cm³/mol. The lowest BCUT2D eigenvalue weighted by atomic mass is 10.2. The zero-order chi connectivity index (χ0) is 22.9. The molecule has 3 atom stereocenters. The number of alkyl carbamates (subject to hydrolysis) is 1. The van der Waals surface area contributed by atoms with E-state index in [4.69, 9.17) is 15.2 Å². The second kappa shape index (κ2) is 8.82. The normalized spacial score (nSPS) is 22.3. The van der Waals surface area contributed by atoms with Gasteiger partial charge in [0.05, 0.1) is 5.69 Å². The highest BCUT2D eigenvalue weighted by Crippen LogP contribution is 2.51. The van der Waals surface area contributed by atoms with Gasteiger partial charge in [0, 0.05) is 32.4 Å². The van der Waals surface area contributed by atoms with Gasteiger partial charge in [-0.1, -0.05) is 0 Å². The molecular weight excluding hydrogens is 410 g/mol. The summed E-state index contributed by atoms with van der Waals surface area (Å²) in [6.07, 6.45) is 1.27. The van der Waals surface area contributed by atoms with Crippen molar-refractivity contribution in [3.05, 3.63) is 47.0 Å². The number of nitrogens with zero attached hydrogens (tertiary/aromatic N) is 3. The summed E-state index contributed by atoms with van der Waals surface area (Å²) in [4.78, 5) is 29.9. The van der Waals surface area contributed by atoms with Gasteiger partial charge in [-0.3, -0.25) is 9.47 Å². The average molecular weight is 442 g/mol. The van der Waals surface area contributed by atoms with Gasteiger partial charge in [-0.05, 0) is 68.9 Å². The van der Waals surface area contributed by atoms with Crippen LogP contribution in [0.25, 0.3) is 5.69 Å². The number of hydrogen-bond donors (Lipinski definition) is 2. The Hall–Kier alpha value is -3.07. The van der Waals surface area contributed by atoms with Crippen LogP contribution in [0.2, 0.25) is 0 Å². The highest BCUT2D eigenvalue weighted by molar-refractivity contribution is 5.67. The number of anilines is 1. The maximum Gasteiger partial charge on any atom is 0.407 e. The number of ether oxygens (including phenoxy) is 2. The van der Waals surface area contributed by atoms with Gasteiger partial charge in [0.1, 0.15) is 23.8 Å². The number of aromatic nitrogens is 2. The van der Waals surface area contributed by atoms with E-state index in [1.54, 1.807) is 12.3 Å². The Balaban J connectivity index is 1.16. The molecule has 2 aromatic rings. The summed E-state index contributed by atoms with van der Waals surface area (Å²) in [6, 6.07) is 8.92. The summed E-state index contributed by atoms with van der Waals surface area (Å²) in [7, 11) is 0. The number of amides is 1. The minimum atomic E-state index is -0.467. The van der Waals surface area contributed by atoms with Gasteiger partial charge in [0.25, 0.3) is 0 Å². The van der Waals surface area contributed by atoms with Crippen molar-refractivity contribution in [3.8, 4) is 11.4 Å². The van der Waals surface area contributed by atoms with E-state index in [0.717, 1.165) is 25.4 Å². The molecule has 1 saturated heterocycles. The van der Waals surface area contributed by atoms with Crippen molar-refractivity contribution in [2.45, 2.75) is 26.4 Å². The highest BCUT2D eigenvalue weighted by Gasteiger charge is 2.55. The number of carbonyl (C=O) groups excluding carboxylic acids is 1. The largest absolute Gasteiger partial charge is 0.492 e. The van der Waals surface area contributed by atoms with Crippen molar-refractivity contribution >= 4 is 11.9 Å². The first-order valence-corrected chi connectivity index (χ1v) is 11.0. The molecular formula is C23H31N5O4. The number of carbonyl (C=O) groups is 1. The lowest BCUT2D eigenvalue weighted by molar-refractivity contribution is 0.0522. The van der Waals surface area contributed by atoms with Gasteiger partial charge in [0.2, 0.25) is 0 Å². The molecule has 1 aromatic heterocycles. The summed E-state index contributed by atoms with van der Waals surface area (Å²) < 4.78 is 12.6. The molecule has 9 nitrogen and oxygen atoms in total. The number of nitrogen functional groups attached to an aromatic ring is 1. The molecule has 172 valence electrons. The van der Waals surface area contributed by atoms with Crippen LogP contribution in [0.15, 0.2) is 41.3 Å². The van der Waals surface area contributed by atoms with Gasteiger partial charge in [-0.15, -0.1) is 0 Å². The maximum atomic E-state index is 11.9. The Morgan fingerprint density at radius 2 is 1.88 bits per heavy atom. The van der Waals surface area contributed by atoms with Crippen molar-refractivity contribution in [2.24, 2.45) is 17.8 Å². The Morgan fingerprint density at radius 1 is 1.19 bits per heavy atom. The van der Waals surface area contributed by atoms with Crippen LogP contribution in [-0.4, -0.2) is 58.9 Å². The first-order valence-electron chi connectivity index (χ1n) is 11.0. The van der Waals surface area contributed by atoms with Gasteiger partial charge in [-0.2, -0.15) is 4.98 Å². The number of likely N-dealkylation sites (tertiary alicyclic amines) is 1. The van der Waals surface area contributed by atoms with E-state index < -0.39 is 11.3 Å². The molecule has 3 N–H and O–H groups in total. The van der Waals surface area contributed by atoms with Crippen LogP contribution in [0, 0.1) is 17.8 Å². The summed E-state index contributed by atoms with van der Waals surface area (Å²) in [5.41, 5.74) is 5.36. The highest BCUT2D eigenvalue weighted by atomic mass is 16.6. The third-order valence-electron chi connectivity index (χ3n) is 5.94. The molecule has 1 aliphatic carbocycles. The van der Waals surface area contributed by atoms with Crippen LogP contribution in [0.3, 0.4) is 0 Å². The van der Waals surface area contributed by atoms with Crippen molar-refractivity contribution in [1.82, 2.24) is 19.8 Å². The first kappa shape index (κ1) is 22.1. The molecule has 2 heterocycles. The first-order chi connectivity index (χ1) is 15.2. The molecule has 1 unspecified atom stereocenters. The number of fused-ring (bicyclic) bond motifs is 1. The topological polar surface area (TPSA) is 112 Å². The Labute approximate surface area is 187 Å². The molecule has 2 fully saturated rings. The number of nitrogens with one attached hydrogen (secondary N) is 1. The Bertz CT molecular complexity index is 1000. The minimum absolute atomic E-state index is 0.205. The molecule has 9 heteroatoms. The standard InChI is InChI=1S/C23H31N5O4/c1-23(2,3)32-22(30)25-12-17-18-13-27(14-19(17)18)10-11-31-16-6-4-15(5-7-16)28-9-8-20(24)26-21(28)29/h4-9,17-19H,10-14H2,1-3H3,(H,25,30)(H2,24,26,29)/t17?,18-,19+. The lowest BCUT2D eigenvalue weighted by Gasteiger charge is -2.21. The second-order valence-electron chi connectivity index (χ2n) is 9.48. The van der Waals surface area contributed by atoms with Crippen molar-refractivity contribution in [1.29, 1.82) is 0 Å². The van der Waals surface area contributed by atoms with Crippen molar-refractivity contribution < 1.29 is 14.3 Å². The zero-order valence-corrected chi connectivity index (χ0v) is 18.8. The van der Waals surface area contributed by atoms with E-state index in [1.165, 1.54) is 4.57 Å². The fourth-order valence-electron chi connectivity index (χ4n) is 4.35. The fourth-order valence-corrected chi connectivity index (χ4v) is 4.35. The molecule has 4 rings (SSSR count). The van der Waals surface area contributed by atoms with E-state index in [9.17, 15) is 9.59 Å². The van der Waals surface area contributed by atoms with Crippen molar-refractivity contribution in [2.75, 3.05) is 38.5 Å². The molecule has 0 bridgehead atoms. The number of piperidine rings is 1. The molecule has 1 saturated carbocycles.